The van der Waals surface area contributed by atoms with Crippen molar-refractivity contribution in [1.29, 1.82) is 0 Å². The maximum atomic E-state index is 12.8. The lowest BCUT2D eigenvalue weighted by molar-refractivity contribution is -0.121. The van der Waals surface area contributed by atoms with Crippen molar-refractivity contribution in [1.82, 2.24) is 25.9 Å². The Bertz CT molecular complexity index is 1300. The Morgan fingerprint density at radius 2 is 1.86 bits per heavy atom. The van der Waals surface area contributed by atoms with Gasteiger partial charge < -0.3 is 15.4 Å². The van der Waals surface area contributed by atoms with Crippen LogP contribution in [0.4, 0.5) is 16.2 Å². The molecule has 1 heterocycles. The molecule has 0 unspecified atom stereocenters. The van der Waals surface area contributed by atoms with Gasteiger partial charge in [-0.3, -0.25) is 10.1 Å². The van der Waals surface area contributed by atoms with E-state index < -0.39 is 12.1 Å². The average Bonchev–Trinajstić information content (AvgIpc) is 3.41. The van der Waals surface area contributed by atoms with Crippen LogP contribution in [-0.2, 0) is 16.1 Å². The first-order valence-electron chi connectivity index (χ1n) is 10.6. The molecule has 0 radical (unpaired) electrons. The number of nitrogens with one attached hydrogen (secondary N) is 4. The summed E-state index contributed by atoms with van der Waals surface area (Å²) in [7, 11) is 1.54. The third-order valence-corrected chi connectivity index (χ3v) is 5.22. The van der Waals surface area contributed by atoms with Crippen LogP contribution in [0.15, 0.2) is 72.8 Å². The summed E-state index contributed by atoms with van der Waals surface area (Å²) in [5.41, 5.74) is 3.16. The minimum atomic E-state index is -0.805. The van der Waals surface area contributed by atoms with E-state index in [2.05, 4.69) is 36.6 Å². The molecule has 2 amide bonds. The Morgan fingerprint density at radius 3 is 2.60 bits per heavy atom. The second-order valence-corrected chi connectivity index (χ2v) is 7.90. The van der Waals surface area contributed by atoms with Gasteiger partial charge in [0.15, 0.2) is 0 Å². The van der Waals surface area contributed by atoms with E-state index >= 15 is 0 Å². The zero-order valence-electron chi connectivity index (χ0n) is 18.7. The van der Waals surface area contributed by atoms with Gasteiger partial charge in [0.25, 0.3) is 0 Å². The predicted octanol–water partition coefficient (Wildman–Crippen LogP) is 4.17. The Labute approximate surface area is 206 Å². The van der Waals surface area contributed by atoms with Gasteiger partial charge in [-0.25, -0.2) is 4.79 Å². The molecule has 1 aromatic heterocycles. The number of tetrazole rings is 1. The van der Waals surface area contributed by atoms with E-state index in [0.717, 1.165) is 5.56 Å². The fourth-order valence-electron chi connectivity index (χ4n) is 3.37. The maximum absolute atomic E-state index is 12.8. The molecule has 0 spiro atoms. The number of H-pyrrole nitrogens is 1. The summed E-state index contributed by atoms with van der Waals surface area (Å²) < 4.78 is 5.28. The lowest BCUT2D eigenvalue weighted by Crippen LogP contribution is -2.31. The van der Waals surface area contributed by atoms with Gasteiger partial charge in [-0.15, -0.1) is 10.2 Å². The van der Waals surface area contributed by atoms with Crippen molar-refractivity contribution in [3.63, 3.8) is 0 Å². The molecule has 0 aliphatic heterocycles. The van der Waals surface area contributed by atoms with E-state index in [0.29, 0.717) is 33.3 Å². The molecule has 10 nitrogen and oxygen atoms in total. The van der Waals surface area contributed by atoms with Crippen LogP contribution in [0, 0.1) is 0 Å². The van der Waals surface area contributed by atoms with Gasteiger partial charge in [-0.05, 0) is 46.7 Å². The standard InChI is InChI=1S/C24H22ClN7O3/c1-26-23(33)21(27-19-9-5-8-16(11-19)22-29-31-32-30-22)17-10-18(25)13-20(12-17)28-24(34)35-14-15-6-3-2-4-7-15/h2-13,21,27H,14H2,1H3,(H,26,33)(H,28,34)(H,29,30,31,32)/t21-/m1/s1. The number of carbonyl (C=O) groups is 2. The molecular weight excluding hydrogens is 470 g/mol. The van der Waals surface area contributed by atoms with Gasteiger partial charge >= 0.3 is 6.09 Å². The van der Waals surface area contributed by atoms with E-state index in [-0.39, 0.29) is 12.5 Å². The second kappa shape index (κ2) is 11.1. The van der Waals surface area contributed by atoms with Crippen LogP contribution in [0.2, 0.25) is 5.02 Å². The summed E-state index contributed by atoms with van der Waals surface area (Å²) in [6.07, 6.45) is -0.640. The minimum absolute atomic E-state index is 0.124. The van der Waals surface area contributed by atoms with Crippen molar-refractivity contribution in [3.05, 3.63) is 88.9 Å². The summed E-state index contributed by atoms with van der Waals surface area (Å²) >= 11 is 6.32. The van der Waals surface area contributed by atoms with Crippen molar-refractivity contribution in [2.24, 2.45) is 0 Å². The number of anilines is 2. The van der Waals surface area contributed by atoms with Crippen LogP contribution in [0.3, 0.4) is 0 Å². The number of amides is 2. The highest BCUT2D eigenvalue weighted by atomic mass is 35.5. The number of halogens is 1. The summed E-state index contributed by atoms with van der Waals surface area (Å²) in [5.74, 6) is 0.128. The van der Waals surface area contributed by atoms with E-state index in [4.69, 9.17) is 16.3 Å². The van der Waals surface area contributed by atoms with E-state index in [1.54, 1.807) is 24.3 Å². The molecule has 0 saturated heterocycles. The molecule has 3 aromatic carbocycles. The largest absolute Gasteiger partial charge is 0.444 e. The van der Waals surface area contributed by atoms with Crippen molar-refractivity contribution < 1.29 is 14.3 Å². The van der Waals surface area contributed by atoms with E-state index in [1.807, 2.05) is 48.5 Å². The first-order chi connectivity index (χ1) is 17.0. The molecule has 4 rings (SSSR count). The first kappa shape index (κ1) is 23.7. The van der Waals surface area contributed by atoms with E-state index in [1.165, 1.54) is 7.05 Å². The number of ether oxygens (including phenoxy) is 1. The van der Waals surface area contributed by atoms with Gasteiger partial charge in [0.1, 0.15) is 12.6 Å². The average molecular weight is 492 g/mol. The van der Waals surface area contributed by atoms with Crippen molar-refractivity contribution in [2.45, 2.75) is 12.6 Å². The van der Waals surface area contributed by atoms with E-state index in [9.17, 15) is 9.59 Å². The van der Waals surface area contributed by atoms with Gasteiger partial charge in [-0.2, -0.15) is 5.21 Å². The highest BCUT2D eigenvalue weighted by Gasteiger charge is 2.21. The molecule has 4 N–H and O–H groups in total. The normalized spacial score (nSPS) is 11.4. The maximum Gasteiger partial charge on any atom is 0.411 e. The summed E-state index contributed by atoms with van der Waals surface area (Å²) in [4.78, 5) is 25.1. The van der Waals surface area contributed by atoms with Gasteiger partial charge in [0.2, 0.25) is 11.7 Å². The van der Waals surface area contributed by atoms with Crippen LogP contribution in [0.5, 0.6) is 0 Å². The van der Waals surface area contributed by atoms with Crippen LogP contribution in [-0.4, -0.2) is 39.7 Å². The SMILES string of the molecule is CNC(=O)[C@H](Nc1cccc(-c2nn[nH]n2)c1)c1cc(Cl)cc(NC(=O)OCc2ccccc2)c1. The van der Waals surface area contributed by atoms with Crippen LogP contribution in [0.25, 0.3) is 11.4 Å². The van der Waals surface area contributed by atoms with Crippen LogP contribution in [0.1, 0.15) is 17.2 Å². The molecule has 0 bridgehead atoms. The third kappa shape index (κ3) is 6.33. The topological polar surface area (TPSA) is 134 Å². The number of nitrogens with zero attached hydrogens (tertiary/aromatic N) is 3. The monoisotopic (exact) mass is 491 g/mol. The molecule has 35 heavy (non-hydrogen) atoms. The third-order valence-electron chi connectivity index (χ3n) is 5.00. The summed E-state index contributed by atoms with van der Waals surface area (Å²) in [6.45, 7) is 0.124. The Hall–Kier alpha value is -4.44. The fourth-order valence-corrected chi connectivity index (χ4v) is 3.62. The fraction of sp³-hybridized carbons (Fsp3) is 0.125. The van der Waals surface area contributed by atoms with Crippen molar-refractivity contribution >= 4 is 35.0 Å². The number of aromatic nitrogens is 4. The molecule has 1 atom stereocenters. The number of hydrogen-bond donors (Lipinski definition) is 4. The molecule has 4 aromatic rings. The molecule has 0 saturated carbocycles. The Kier molecular flexibility index (Phi) is 7.53. The molecule has 0 fully saturated rings. The smallest absolute Gasteiger partial charge is 0.411 e. The molecular formula is C24H22ClN7O3. The zero-order chi connectivity index (χ0) is 24.6. The van der Waals surface area contributed by atoms with Crippen LogP contribution >= 0.6 is 11.6 Å². The van der Waals surface area contributed by atoms with Crippen LogP contribution < -0.4 is 16.0 Å². The Morgan fingerprint density at radius 1 is 1.03 bits per heavy atom. The lowest BCUT2D eigenvalue weighted by Gasteiger charge is -2.20. The number of benzene rings is 3. The molecule has 178 valence electrons. The van der Waals surface area contributed by atoms with Gasteiger partial charge in [0.05, 0.1) is 0 Å². The highest BCUT2D eigenvalue weighted by molar-refractivity contribution is 6.31. The molecule has 11 heteroatoms. The first-order valence-corrected chi connectivity index (χ1v) is 11.0. The highest BCUT2D eigenvalue weighted by Crippen LogP contribution is 2.28. The molecule has 0 aliphatic carbocycles. The van der Waals surface area contributed by atoms with Gasteiger partial charge in [-0.1, -0.05) is 54.1 Å². The number of hydrogen-bond acceptors (Lipinski definition) is 7. The van der Waals surface area contributed by atoms with Gasteiger partial charge in [0, 0.05) is 29.0 Å². The number of carbonyl (C=O) groups excluding carboxylic acids is 2. The number of rotatable bonds is 8. The van der Waals surface area contributed by atoms with Crippen molar-refractivity contribution in [2.75, 3.05) is 17.7 Å². The minimum Gasteiger partial charge on any atom is -0.444 e. The number of aromatic amines is 1. The summed E-state index contributed by atoms with van der Waals surface area (Å²) in [6, 6.07) is 20.7. The second-order valence-electron chi connectivity index (χ2n) is 7.47. The lowest BCUT2D eigenvalue weighted by atomic mass is 10.0. The zero-order valence-corrected chi connectivity index (χ0v) is 19.4. The Balaban J connectivity index is 1.52. The molecule has 0 aliphatic rings. The quantitative estimate of drug-likeness (QED) is 0.290. The summed E-state index contributed by atoms with van der Waals surface area (Å²) in [5, 5.41) is 22.8. The number of likely N-dealkylation sites (N-methyl/N-ethyl adjacent to an activating group) is 1. The van der Waals surface area contributed by atoms with Crippen molar-refractivity contribution in [3.8, 4) is 11.4 Å². The predicted molar refractivity (Wildman–Crippen MR) is 132 cm³/mol.